The van der Waals surface area contributed by atoms with Crippen LogP contribution in [0.25, 0.3) is 10.8 Å². The summed E-state index contributed by atoms with van der Waals surface area (Å²) in [5, 5.41) is 8.36. The smallest absolute Gasteiger partial charge is 0.243 e. The quantitative estimate of drug-likeness (QED) is 0.850. The average molecular weight is 334 g/mol. The highest BCUT2D eigenvalue weighted by atomic mass is 32.2. The molecule has 0 bridgehead atoms. The van der Waals surface area contributed by atoms with Crippen molar-refractivity contribution in [3.05, 3.63) is 36.7 Å². The third kappa shape index (κ3) is 3.53. The molecular formula is C16H22N4O2S. The van der Waals surface area contributed by atoms with Crippen molar-refractivity contribution >= 4 is 20.8 Å². The van der Waals surface area contributed by atoms with E-state index >= 15 is 0 Å². The van der Waals surface area contributed by atoms with Crippen LogP contribution in [0.15, 0.2) is 41.6 Å². The van der Waals surface area contributed by atoms with E-state index in [0.29, 0.717) is 24.5 Å². The Bertz CT molecular complexity index is 778. The normalized spacial score (nSPS) is 21.5. The molecule has 2 heterocycles. The maximum Gasteiger partial charge on any atom is 0.243 e. The molecular weight excluding hydrogens is 312 g/mol. The monoisotopic (exact) mass is 334 g/mol. The highest BCUT2D eigenvalue weighted by Gasteiger charge is 2.29. The van der Waals surface area contributed by atoms with Gasteiger partial charge in [0.25, 0.3) is 0 Å². The zero-order chi connectivity index (χ0) is 16.3. The molecule has 1 aromatic carbocycles. The minimum atomic E-state index is -3.53. The summed E-state index contributed by atoms with van der Waals surface area (Å²) in [6, 6.07) is 6.95. The van der Waals surface area contributed by atoms with E-state index in [9.17, 15) is 8.42 Å². The summed E-state index contributed by atoms with van der Waals surface area (Å²) in [4.78, 5) is 4.40. The molecule has 2 aromatic rings. The minimum absolute atomic E-state index is 0.0898. The molecule has 1 aliphatic heterocycles. The fourth-order valence-corrected chi connectivity index (χ4v) is 4.51. The average Bonchev–Trinajstić information content (AvgIpc) is 2.66. The maximum absolute atomic E-state index is 13.1. The van der Waals surface area contributed by atoms with Gasteiger partial charge in [-0.1, -0.05) is 6.07 Å². The fraction of sp³-hybridized carbons (Fsp3) is 0.438. The molecule has 124 valence electrons. The van der Waals surface area contributed by atoms with E-state index in [2.05, 4.69) is 15.6 Å². The third-order valence-electron chi connectivity index (χ3n) is 4.14. The molecule has 2 N–H and O–H groups in total. The summed E-state index contributed by atoms with van der Waals surface area (Å²) in [6.45, 7) is 5.42. The summed E-state index contributed by atoms with van der Waals surface area (Å²) >= 11 is 0. The summed E-state index contributed by atoms with van der Waals surface area (Å²) in [7, 11) is -3.53. The van der Waals surface area contributed by atoms with Crippen LogP contribution in [0, 0.1) is 0 Å². The topological polar surface area (TPSA) is 74.3 Å². The Morgan fingerprint density at radius 2 is 1.96 bits per heavy atom. The molecule has 1 aliphatic rings. The lowest BCUT2D eigenvalue weighted by atomic mass is 10.2. The Hall–Kier alpha value is -1.54. The second-order valence-corrected chi connectivity index (χ2v) is 7.69. The zero-order valence-corrected chi connectivity index (χ0v) is 14.0. The van der Waals surface area contributed by atoms with Crippen LogP contribution in [0.1, 0.15) is 6.92 Å². The standard InChI is InChI=1S/C16H22N4O2S/c1-13-11-19-7-6-17-8-9-20(13)23(21,22)16-3-2-15-12-18-5-4-14(15)10-16/h2-5,10,12-13,17,19H,6-9,11H2,1H3/t13-/m1/s1. The molecule has 23 heavy (non-hydrogen) atoms. The van der Waals surface area contributed by atoms with Crippen LogP contribution in [0.2, 0.25) is 0 Å². The van der Waals surface area contributed by atoms with E-state index in [1.165, 1.54) is 0 Å². The first kappa shape index (κ1) is 16.3. The van der Waals surface area contributed by atoms with E-state index in [4.69, 9.17) is 0 Å². The summed E-state index contributed by atoms with van der Waals surface area (Å²) < 4.78 is 27.7. The van der Waals surface area contributed by atoms with Gasteiger partial charge in [0.1, 0.15) is 0 Å². The maximum atomic E-state index is 13.1. The second kappa shape index (κ2) is 6.92. The van der Waals surface area contributed by atoms with Gasteiger partial charge in [-0.3, -0.25) is 4.98 Å². The second-order valence-electron chi connectivity index (χ2n) is 5.80. The molecule has 7 heteroatoms. The molecule has 3 rings (SSSR count). The number of benzene rings is 1. The number of rotatable bonds is 2. The predicted octanol–water partition coefficient (Wildman–Crippen LogP) is 0.807. The zero-order valence-electron chi connectivity index (χ0n) is 13.2. The van der Waals surface area contributed by atoms with Crippen molar-refractivity contribution in [1.82, 2.24) is 19.9 Å². The van der Waals surface area contributed by atoms with Crippen molar-refractivity contribution in [1.29, 1.82) is 0 Å². The summed E-state index contributed by atoms with van der Waals surface area (Å²) in [5.41, 5.74) is 0. The molecule has 0 radical (unpaired) electrons. The lowest BCUT2D eigenvalue weighted by molar-refractivity contribution is 0.335. The van der Waals surface area contributed by atoms with E-state index < -0.39 is 10.0 Å². The molecule has 1 aromatic heterocycles. The van der Waals surface area contributed by atoms with Gasteiger partial charge in [0.2, 0.25) is 10.0 Å². The molecule has 1 fully saturated rings. The number of pyridine rings is 1. The van der Waals surface area contributed by atoms with Gasteiger partial charge >= 0.3 is 0 Å². The molecule has 1 atom stereocenters. The van der Waals surface area contributed by atoms with Crippen LogP contribution in [0.4, 0.5) is 0 Å². The number of fused-ring (bicyclic) bond motifs is 1. The van der Waals surface area contributed by atoms with Gasteiger partial charge in [0, 0.05) is 56.5 Å². The third-order valence-corrected chi connectivity index (χ3v) is 6.15. The van der Waals surface area contributed by atoms with Gasteiger partial charge in [-0.25, -0.2) is 8.42 Å². The number of hydrogen-bond acceptors (Lipinski definition) is 5. The highest BCUT2D eigenvalue weighted by Crippen LogP contribution is 2.22. The lowest BCUT2D eigenvalue weighted by Gasteiger charge is -2.28. The minimum Gasteiger partial charge on any atom is -0.314 e. The highest BCUT2D eigenvalue weighted by molar-refractivity contribution is 7.89. The van der Waals surface area contributed by atoms with E-state index in [1.807, 2.05) is 19.1 Å². The lowest BCUT2D eigenvalue weighted by Crippen LogP contribution is -2.45. The molecule has 0 amide bonds. The van der Waals surface area contributed by atoms with Gasteiger partial charge in [0.05, 0.1) is 4.90 Å². The summed E-state index contributed by atoms with van der Waals surface area (Å²) in [6.07, 6.45) is 3.41. The number of aromatic nitrogens is 1. The first-order valence-electron chi connectivity index (χ1n) is 7.86. The van der Waals surface area contributed by atoms with Crippen LogP contribution in [0.5, 0.6) is 0 Å². The van der Waals surface area contributed by atoms with Crippen molar-refractivity contribution in [3.63, 3.8) is 0 Å². The van der Waals surface area contributed by atoms with Crippen molar-refractivity contribution in [3.8, 4) is 0 Å². The Morgan fingerprint density at radius 1 is 1.13 bits per heavy atom. The Labute approximate surface area is 137 Å². The van der Waals surface area contributed by atoms with Crippen LogP contribution >= 0.6 is 0 Å². The van der Waals surface area contributed by atoms with Crippen LogP contribution in [-0.4, -0.2) is 56.5 Å². The van der Waals surface area contributed by atoms with Crippen molar-refractivity contribution in [2.45, 2.75) is 17.9 Å². The van der Waals surface area contributed by atoms with Gasteiger partial charge in [0.15, 0.2) is 0 Å². The molecule has 0 aliphatic carbocycles. The number of nitrogens with one attached hydrogen (secondary N) is 2. The van der Waals surface area contributed by atoms with Crippen molar-refractivity contribution in [2.75, 3.05) is 32.7 Å². The van der Waals surface area contributed by atoms with Crippen LogP contribution in [0.3, 0.4) is 0 Å². The van der Waals surface area contributed by atoms with E-state index in [-0.39, 0.29) is 6.04 Å². The Balaban J connectivity index is 1.96. The number of nitrogens with zero attached hydrogens (tertiary/aromatic N) is 2. The molecule has 1 saturated heterocycles. The summed E-state index contributed by atoms with van der Waals surface area (Å²) in [5.74, 6) is 0. The van der Waals surface area contributed by atoms with E-state index in [0.717, 1.165) is 23.9 Å². The molecule has 0 unspecified atom stereocenters. The molecule has 6 nitrogen and oxygen atoms in total. The van der Waals surface area contributed by atoms with Gasteiger partial charge < -0.3 is 10.6 Å². The van der Waals surface area contributed by atoms with Gasteiger partial charge in [-0.2, -0.15) is 4.31 Å². The van der Waals surface area contributed by atoms with Gasteiger partial charge in [-0.15, -0.1) is 0 Å². The van der Waals surface area contributed by atoms with Crippen LogP contribution in [-0.2, 0) is 10.0 Å². The number of sulfonamides is 1. The van der Waals surface area contributed by atoms with Crippen LogP contribution < -0.4 is 10.6 Å². The largest absolute Gasteiger partial charge is 0.314 e. The Morgan fingerprint density at radius 3 is 2.83 bits per heavy atom. The fourth-order valence-electron chi connectivity index (χ4n) is 2.84. The van der Waals surface area contributed by atoms with Crippen molar-refractivity contribution in [2.24, 2.45) is 0 Å². The predicted molar refractivity (Wildman–Crippen MR) is 90.8 cm³/mol. The van der Waals surface area contributed by atoms with Gasteiger partial charge in [-0.05, 0) is 30.5 Å². The number of hydrogen-bond donors (Lipinski definition) is 2. The molecule has 0 saturated carbocycles. The SMILES string of the molecule is C[C@@H]1CNCCNCCN1S(=O)(=O)c1ccc2cnccc2c1. The molecule has 0 spiro atoms. The first-order chi connectivity index (χ1) is 11.1. The van der Waals surface area contributed by atoms with E-state index in [1.54, 1.807) is 28.8 Å². The first-order valence-corrected chi connectivity index (χ1v) is 9.30. The van der Waals surface area contributed by atoms with Crippen molar-refractivity contribution < 1.29 is 8.42 Å². The Kier molecular flexibility index (Phi) is 4.91.